The molecule has 0 heterocycles. The van der Waals surface area contributed by atoms with E-state index in [-0.39, 0.29) is 24.3 Å². The van der Waals surface area contributed by atoms with Gasteiger partial charge in [0.2, 0.25) is 11.8 Å². The standard InChI is InChI=1S/C23H14F12N2O2/c24-20(25,26)12-6-13(21(27,28)29)9-16(8-12)36-18(38)4-2-1-3-5-19(39)37-17-10-14(22(30,31)32)7-15(11-17)23(33,34)35/h1-4,6-11H,5H2,(H,36,38)(H,37,39)/b3-1-,4-2?. The lowest BCUT2D eigenvalue weighted by atomic mass is 10.1. The van der Waals surface area contributed by atoms with E-state index in [2.05, 4.69) is 0 Å². The topological polar surface area (TPSA) is 58.2 Å². The second kappa shape index (κ2) is 11.4. The van der Waals surface area contributed by atoms with Gasteiger partial charge in [-0.2, -0.15) is 52.7 Å². The summed E-state index contributed by atoms with van der Waals surface area (Å²) in [5.41, 5.74) is -8.23. The van der Waals surface area contributed by atoms with Crippen molar-refractivity contribution in [1.29, 1.82) is 0 Å². The normalized spacial score (nSPS) is 13.2. The van der Waals surface area contributed by atoms with Crippen molar-refractivity contribution in [3.05, 3.63) is 83.0 Å². The van der Waals surface area contributed by atoms with Crippen LogP contribution in [0, 0.1) is 0 Å². The molecule has 0 unspecified atom stereocenters. The minimum Gasteiger partial charge on any atom is -0.326 e. The lowest BCUT2D eigenvalue weighted by Gasteiger charge is -2.14. The van der Waals surface area contributed by atoms with Crippen LogP contribution in [0.25, 0.3) is 0 Å². The maximum Gasteiger partial charge on any atom is 0.416 e. The van der Waals surface area contributed by atoms with Gasteiger partial charge in [0.1, 0.15) is 0 Å². The Bertz CT molecular complexity index is 1210. The summed E-state index contributed by atoms with van der Waals surface area (Å²) in [4.78, 5) is 23.7. The minimum absolute atomic E-state index is 0.130. The van der Waals surface area contributed by atoms with Gasteiger partial charge in [0, 0.05) is 23.9 Å². The number of hydrogen-bond acceptors (Lipinski definition) is 2. The summed E-state index contributed by atoms with van der Waals surface area (Å²) in [5, 5.41) is 3.67. The molecule has 0 aliphatic carbocycles. The summed E-state index contributed by atoms with van der Waals surface area (Å²) in [6.45, 7) is 0. The number of allylic oxidation sites excluding steroid dienone is 2. The fourth-order valence-electron chi connectivity index (χ4n) is 2.85. The number of carbonyl (C=O) groups excluding carboxylic acids is 2. The number of rotatable bonds is 6. The summed E-state index contributed by atoms with van der Waals surface area (Å²) in [6, 6.07) is 0.869. The predicted octanol–water partition coefficient (Wildman–Crippen LogP) is 7.84. The van der Waals surface area contributed by atoms with E-state index >= 15 is 0 Å². The highest BCUT2D eigenvalue weighted by Gasteiger charge is 2.38. The number of amides is 2. The van der Waals surface area contributed by atoms with Gasteiger partial charge in [-0.15, -0.1) is 0 Å². The van der Waals surface area contributed by atoms with E-state index in [0.717, 1.165) is 18.2 Å². The second-order valence-corrected chi connectivity index (χ2v) is 7.62. The van der Waals surface area contributed by atoms with Gasteiger partial charge in [-0.1, -0.05) is 18.2 Å². The molecule has 212 valence electrons. The fraction of sp³-hybridized carbons (Fsp3) is 0.217. The number of benzene rings is 2. The van der Waals surface area contributed by atoms with Crippen molar-refractivity contribution in [3.8, 4) is 0 Å². The number of hydrogen-bond donors (Lipinski definition) is 2. The maximum absolute atomic E-state index is 12.9. The molecule has 0 aromatic heterocycles. The average molecular weight is 578 g/mol. The Kier molecular flexibility index (Phi) is 9.14. The third kappa shape index (κ3) is 9.68. The molecule has 0 fully saturated rings. The molecule has 0 saturated carbocycles. The number of anilines is 2. The molecule has 2 aromatic carbocycles. The molecule has 0 saturated heterocycles. The van der Waals surface area contributed by atoms with Crippen LogP contribution in [0.3, 0.4) is 0 Å². The number of carbonyl (C=O) groups is 2. The van der Waals surface area contributed by atoms with Gasteiger partial charge in [0.15, 0.2) is 0 Å². The molecule has 2 rings (SSSR count). The van der Waals surface area contributed by atoms with Crippen LogP contribution in [-0.2, 0) is 34.3 Å². The first kappa shape index (κ1) is 31.2. The SMILES string of the molecule is O=C(C=C/C=C\CC(=O)Nc1cc(C(F)(F)F)cc(C(F)(F)F)c1)Nc1cc(C(F)(F)F)cc(C(F)(F)F)c1. The lowest BCUT2D eigenvalue weighted by molar-refractivity contribution is -0.144. The molecule has 0 bridgehead atoms. The van der Waals surface area contributed by atoms with E-state index in [1.807, 2.05) is 10.6 Å². The van der Waals surface area contributed by atoms with Crippen molar-refractivity contribution in [2.45, 2.75) is 31.1 Å². The second-order valence-electron chi connectivity index (χ2n) is 7.62. The molecule has 39 heavy (non-hydrogen) atoms. The minimum atomic E-state index is -5.14. The van der Waals surface area contributed by atoms with Crippen molar-refractivity contribution in [3.63, 3.8) is 0 Å². The molecule has 2 aromatic rings. The van der Waals surface area contributed by atoms with E-state index in [1.165, 1.54) is 0 Å². The zero-order valence-corrected chi connectivity index (χ0v) is 18.8. The molecule has 0 radical (unpaired) electrons. The first-order valence-electron chi connectivity index (χ1n) is 10.2. The Balaban J connectivity index is 2.04. The molecule has 0 spiro atoms. The zero-order chi connectivity index (χ0) is 29.8. The van der Waals surface area contributed by atoms with Crippen molar-refractivity contribution in [2.24, 2.45) is 0 Å². The number of halogens is 12. The monoisotopic (exact) mass is 578 g/mol. The van der Waals surface area contributed by atoms with Gasteiger partial charge >= 0.3 is 24.7 Å². The van der Waals surface area contributed by atoms with E-state index in [9.17, 15) is 62.3 Å². The van der Waals surface area contributed by atoms with Crippen LogP contribution in [0.15, 0.2) is 60.7 Å². The molecule has 2 amide bonds. The van der Waals surface area contributed by atoms with Crippen molar-refractivity contribution < 1.29 is 62.3 Å². The molecule has 16 heteroatoms. The molecule has 2 N–H and O–H groups in total. The predicted molar refractivity (Wildman–Crippen MR) is 113 cm³/mol. The third-order valence-corrected chi connectivity index (χ3v) is 4.52. The lowest BCUT2D eigenvalue weighted by Crippen LogP contribution is -2.15. The Morgan fingerprint density at radius 1 is 0.564 bits per heavy atom. The summed E-state index contributed by atoms with van der Waals surface area (Å²) < 4.78 is 154. The van der Waals surface area contributed by atoms with Gasteiger partial charge in [-0.3, -0.25) is 9.59 Å². The highest BCUT2D eigenvalue weighted by atomic mass is 19.4. The Morgan fingerprint density at radius 3 is 1.28 bits per heavy atom. The Morgan fingerprint density at radius 2 is 0.923 bits per heavy atom. The van der Waals surface area contributed by atoms with Crippen LogP contribution in [0.2, 0.25) is 0 Å². The highest BCUT2D eigenvalue weighted by Crippen LogP contribution is 2.38. The molecule has 4 nitrogen and oxygen atoms in total. The summed E-state index contributed by atoms with van der Waals surface area (Å²) in [5.74, 6) is -2.19. The summed E-state index contributed by atoms with van der Waals surface area (Å²) in [6.07, 6.45) is -17.5. The Hall–Kier alpha value is -3.98. The number of nitrogens with one attached hydrogen (secondary N) is 2. The van der Waals surface area contributed by atoms with E-state index < -0.39 is 76.6 Å². The molecule has 0 aliphatic heterocycles. The van der Waals surface area contributed by atoms with Gasteiger partial charge in [0.25, 0.3) is 0 Å². The van der Waals surface area contributed by atoms with Crippen LogP contribution in [-0.4, -0.2) is 11.8 Å². The van der Waals surface area contributed by atoms with Crippen molar-refractivity contribution in [1.82, 2.24) is 0 Å². The highest BCUT2D eigenvalue weighted by molar-refractivity contribution is 5.99. The quantitative estimate of drug-likeness (QED) is 0.209. The van der Waals surface area contributed by atoms with Crippen LogP contribution < -0.4 is 10.6 Å². The fourth-order valence-corrected chi connectivity index (χ4v) is 2.85. The third-order valence-electron chi connectivity index (χ3n) is 4.52. The smallest absolute Gasteiger partial charge is 0.326 e. The Labute approximate surface area is 211 Å². The van der Waals surface area contributed by atoms with E-state index in [0.29, 0.717) is 18.2 Å². The van der Waals surface area contributed by atoms with Gasteiger partial charge in [-0.05, 0) is 36.4 Å². The maximum atomic E-state index is 12.9. The average Bonchev–Trinajstić information content (AvgIpc) is 2.76. The summed E-state index contributed by atoms with van der Waals surface area (Å²) in [7, 11) is 0. The van der Waals surface area contributed by atoms with Crippen LogP contribution in [0.4, 0.5) is 64.1 Å². The molecule has 0 aliphatic rings. The van der Waals surface area contributed by atoms with Crippen LogP contribution in [0.1, 0.15) is 28.7 Å². The van der Waals surface area contributed by atoms with E-state index in [4.69, 9.17) is 0 Å². The van der Waals surface area contributed by atoms with Gasteiger partial charge in [0.05, 0.1) is 22.3 Å². The van der Waals surface area contributed by atoms with Crippen LogP contribution >= 0.6 is 0 Å². The molecular weight excluding hydrogens is 564 g/mol. The molecule has 0 atom stereocenters. The van der Waals surface area contributed by atoms with Crippen molar-refractivity contribution >= 4 is 23.2 Å². The summed E-state index contributed by atoms with van der Waals surface area (Å²) >= 11 is 0. The zero-order valence-electron chi connectivity index (χ0n) is 18.8. The van der Waals surface area contributed by atoms with Gasteiger partial charge < -0.3 is 10.6 Å². The number of alkyl halides is 12. The largest absolute Gasteiger partial charge is 0.416 e. The first-order valence-corrected chi connectivity index (χ1v) is 10.2. The van der Waals surface area contributed by atoms with Crippen LogP contribution in [0.5, 0.6) is 0 Å². The molecular formula is C23H14F12N2O2. The first-order chi connectivity index (χ1) is 17.7. The van der Waals surface area contributed by atoms with Crippen molar-refractivity contribution in [2.75, 3.05) is 10.6 Å². The van der Waals surface area contributed by atoms with E-state index in [1.54, 1.807) is 0 Å². The van der Waals surface area contributed by atoms with Gasteiger partial charge in [-0.25, -0.2) is 0 Å².